The van der Waals surface area contributed by atoms with Crippen LogP contribution in [0.15, 0.2) is 23.1 Å². The first kappa shape index (κ1) is 11.5. The third-order valence-electron chi connectivity index (χ3n) is 1.71. The summed E-state index contributed by atoms with van der Waals surface area (Å²) in [5.74, 6) is 0.228. The van der Waals surface area contributed by atoms with Crippen molar-refractivity contribution >= 4 is 10.0 Å². The number of hydrogen-bond acceptors (Lipinski definition) is 4. The standard InChI is InChI=1S/C9H10N2O3S/c1-2-14-8-4-3-5-9(7(8)6-10)15(11,12)13/h3-5H,2H2,1H3,(H2,11,12,13). The molecule has 5 nitrogen and oxygen atoms in total. The Morgan fingerprint density at radius 1 is 1.53 bits per heavy atom. The number of nitrogens with zero attached hydrogens (tertiary/aromatic N) is 1. The molecule has 0 bridgehead atoms. The van der Waals surface area contributed by atoms with Crippen LogP contribution in [-0.4, -0.2) is 15.0 Å². The monoisotopic (exact) mass is 226 g/mol. The third kappa shape index (κ3) is 2.46. The summed E-state index contributed by atoms with van der Waals surface area (Å²) in [4.78, 5) is -0.212. The fourth-order valence-electron chi connectivity index (χ4n) is 1.13. The molecule has 1 aromatic carbocycles. The molecule has 1 aromatic rings. The molecule has 0 radical (unpaired) electrons. The minimum absolute atomic E-state index is 0.0538. The van der Waals surface area contributed by atoms with E-state index in [1.807, 2.05) is 0 Å². The summed E-state index contributed by atoms with van der Waals surface area (Å²) in [6, 6.07) is 6.05. The molecule has 0 heterocycles. The molecule has 0 unspecified atom stereocenters. The first-order valence-electron chi connectivity index (χ1n) is 4.19. The Morgan fingerprint density at radius 2 is 2.20 bits per heavy atom. The van der Waals surface area contributed by atoms with Gasteiger partial charge in [-0.1, -0.05) is 6.07 Å². The summed E-state index contributed by atoms with van der Waals surface area (Å²) in [6.07, 6.45) is 0. The number of benzene rings is 1. The lowest BCUT2D eigenvalue weighted by atomic mass is 10.2. The first-order chi connectivity index (χ1) is 7.00. The van der Waals surface area contributed by atoms with E-state index in [2.05, 4.69) is 0 Å². The molecule has 15 heavy (non-hydrogen) atoms. The van der Waals surface area contributed by atoms with Crippen molar-refractivity contribution in [2.24, 2.45) is 5.14 Å². The van der Waals surface area contributed by atoms with Gasteiger partial charge in [0.1, 0.15) is 22.3 Å². The smallest absolute Gasteiger partial charge is 0.239 e. The molecule has 80 valence electrons. The van der Waals surface area contributed by atoms with E-state index < -0.39 is 10.0 Å². The van der Waals surface area contributed by atoms with Crippen molar-refractivity contribution in [2.45, 2.75) is 11.8 Å². The van der Waals surface area contributed by atoms with Gasteiger partial charge in [0, 0.05) is 0 Å². The van der Waals surface area contributed by atoms with E-state index in [4.69, 9.17) is 15.1 Å². The zero-order chi connectivity index (χ0) is 11.5. The van der Waals surface area contributed by atoms with Crippen LogP contribution in [0.3, 0.4) is 0 Å². The van der Waals surface area contributed by atoms with Gasteiger partial charge in [0.05, 0.1) is 6.61 Å². The topological polar surface area (TPSA) is 93.2 Å². The summed E-state index contributed by atoms with van der Waals surface area (Å²) < 4.78 is 27.4. The molecular weight excluding hydrogens is 216 g/mol. The molecule has 0 aliphatic heterocycles. The van der Waals surface area contributed by atoms with E-state index >= 15 is 0 Å². The minimum atomic E-state index is -3.89. The number of rotatable bonds is 3. The van der Waals surface area contributed by atoms with E-state index in [1.54, 1.807) is 13.0 Å². The average Bonchev–Trinajstić information content (AvgIpc) is 2.16. The molecule has 0 aromatic heterocycles. The van der Waals surface area contributed by atoms with Crippen LogP contribution < -0.4 is 9.88 Å². The summed E-state index contributed by atoms with van der Waals surface area (Å²) in [7, 11) is -3.89. The fraction of sp³-hybridized carbons (Fsp3) is 0.222. The predicted octanol–water partition coefficient (Wildman–Crippen LogP) is 0.604. The Labute approximate surface area is 88.1 Å². The molecule has 0 atom stereocenters. The van der Waals surface area contributed by atoms with Gasteiger partial charge in [-0.3, -0.25) is 0 Å². The highest BCUT2D eigenvalue weighted by atomic mass is 32.2. The normalized spacial score (nSPS) is 10.7. The molecule has 1 rings (SSSR count). The molecular formula is C9H10N2O3S. The highest BCUT2D eigenvalue weighted by molar-refractivity contribution is 7.89. The van der Waals surface area contributed by atoms with Crippen LogP contribution in [0.4, 0.5) is 0 Å². The Kier molecular flexibility index (Phi) is 3.29. The highest BCUT2D eigenvalue weighted by Crippen LogP contribution is 2.24. The fourth-order valence-corrected chi connectivity index (χ4v) is 1.83. The lowest BCUT2D eigenvalue weighted by Crippen LogP contribution is -2.14. The number of nitriles is 1. The number of sulfonamides is 1. The summed E-state index contributed by atoms with van der Waals surface area (Å²) >= 11 is 0. The van der Waals surface area contributed by atoms with Crippen molar-refractivity contribution in [1.82, 2.24) is 0 Å². The van der Waals surface area contributed by atoms with Crippen LogP contribution in [0, 0.1) is 11.3 Å². The Bertz CT molecular complexity index is 503. The Hall–Kier alpha value is -1.58. The van der Waals surface area contributed by atoms with Crippen LogP contribution in [0.5, 0.6) is 5.75 Å². The second-order valence-electron chi connectivity index (χ2n) is 2.72. The number of ether oxygens (including phenoxy) is 1. The van der Waals surface area contributed by atoms with Crippen LogP contribution in [0.1, 0.15) is 12.5 Å². The van der Waals surface area contributed by atoms with Crippen LogP contribution in [0.2, 0.25) is 0 Å². The molecule has 0 amide bonds. The zero-order valence-electron chi connectivity index (χ0n) is 8.10. The summed E-state index contributed by atoms with van der Waals surface area (Å²) in [5.41, 5.74) is -0.0538. The summed E-state index contributed by atoms with van der Waals surface area (Å²) in [5, 5.41) is 13.8. The first-order valence-corrected chi connectivity index (χ1v) is 5.74. The van der Waals surface area contributed by atoms with Crippen molar-refractivity contribution in [3.05, 3.63) is 23.8 Å². The van der Waals surface area contributed by atoms with E-state index in [9.17, 15) is 8.42 Å². The lowest BCUT2D eigenvalue weighted by molar-refractivity contribution is 0.338. The van der Waals surface area contributed by atoms with Gasteiger partial charge in [-0.15, -0.1) is 0 Å². The quantitative estimate of drug-likeness (QED) is 0.816. The molecule has 0 aliphatic carbocycles. The molecule has 0 spiro atoms. The molecule has 0 saturated carbocycles. The van der Waals surface area contributed by atoms with Gasteiger partial charge >= 0.3 is 0 Å². The highest BCUT2D eigenvalue weighted by Gasteiger charge is 2.17. The predicted molar refractivity (Wildman–Crippen MR) is 53.7 cm³/mol. The van der Waals surface area contributed by atoms with Crippen molar-refractivity contribution in [1.29, 1.82) is 5.26 Å². The molecule has 0 aliphatic rings. The zero-order valence-corrected chi connectivity index (χ0v) is 8.91. The van der Waals surface area contributed by atoms with E-state index in [-0.39, 0.29) is 16.2 Å². The second-order valence-corrected chi connectivity index (χ2v) is 4.25. The van der Waals surface area contributed by atoms with Gasteiger partial charge in [-0.25, -0.2) is 13.6 Å². The third-order valence-corrected chi connectivity index (χ3v) is 2.66. The number of nitrogens with two attached hydrogens (primary N) is 1. The SMILES string of the molecule is CCOc1cccc(S(N)(=O)=O)c1C#N. The number of hydrogen-bond donors (Lipinski definition) is 1. The maximum absolute atomic E-state index is 11.1. The van der Waals surface area contributed by atoms with E-state index in [0.717, 1.165) is 0 Å². The Balaban J connectivity index is 3.44. The average molecular weight is 226 g/mol. The van der Waals surface area contributed by atoms with Crippen LogP contribution in [0.25, 0.3) is 0 Å². The van der Waals surface area contributed by atoms with Gasteiger partial charge in [0.25, 0.3) is 0 Å². The van der Waals surface area contributed by atoms with Crippen LogP contribution >= 0.6 is 0 Å². The van der Waals surface area contributed by atoms with Crippen molar-refractivity contribution in [2.75, 3.05) is 6.61 Å². The van der Waals surface area contributed by atoms with Crippen molar-refractivity contribution in [3.63, 3.8) is 0 Å². The largest absolute Gasteiger partial charge is 0.492 e. The maximum atomic E-state index is 11.1. The van der Waals surface area contributed by atoms with Gasteiger partial charge in [0.15, 0.2) is 0 Å². The van der Waals surface area contributed by atoms with Gasteiger partial charge in [-0.2, -0.15) is 5.26 Å². The van der Waals surface area contributed by atoms with E-state index in [1.165, 1.54) is 18.2 Å². The molecule has 0 saturated heterocycles. The van der Waals surface area contributed by atoms with Crippen molar-refractivity contribution in [3.8, 4) is 11.8 Å². The molecule has 0 fully saturated rings. The lowest BCUT2D eigenvalue weighted by Gasteiger charge is -2.07. The maximum Gasteiger partial charge on any atom is 0.239 e. The van der Waals surface area contributed by atoms with Gasteiger partial charge in [-0.05, 0) is 19.1 Å². The van der Waals surface area contributed by atoms with Crippen LogP contribution in [-0.2, 0) is 10.0 Å². The molecule has 2 N–H and O–H groups in total. The van der Waals surface area contributed by atoms with Crippen molar-refractivity contribution < 1.29 is 13.2 Å². The number of primary sulfonamides is 1. The second kappa shape index (κ2) is 4.29. The van der Waals surface area contributed by atoms with Gasteiger partial charge < -0.3 is 4.74 Å². The van der Waals surface area contributed by atoms with Gasteiger partial charge in [0.2, 0.25) is 10.0 Å². The summed E-state index contributed by atoms with van der Waals surface area (Å²) in [6.45, 7) is 2.09. The minimum Gasteiger partial charge on any atom is -0.492 e. The Morgan fingerprint density at radius 3 is 2.67 bits per heavy atom. The molecule has 6 heteroatoms. The van der Waals surface area contributed by atoms with E-state index in [0.29, 0.717) is 6.61 Å².